The Morgan fingerprint density at radius 1 is 1.05 bits per heavy atom. The van der Waals surface area contributed by atoms with Gasteiger partial charge < -0.3 is 24.5 Å². The first-order valence-corrected chi connectivity index (χ1v) is 11.7. The fraction of sp³-hybridized carbons (Fsp3) is 0.280. The highest BCUT2D eigenvalue weighted by Gasteiger charge is 2.26. The number of anilines is 1. The molecule has 0 atom stereocenters. The molecule has 12 nitrogen and oxygen atoms in total. The highest BCUT2D eigenvalue weighted by Crippen LogP contribution is 2.29. The molecule has 0 unspecified atom stereocenters. The average Bonchev–Trinajstić information content (AvgIpc) is 3.35. The Kier molecular flexibility index (Phi) is 6.54. The van der Waals surface area contributed by atoms with E-state index in [1.807, 2.05) is 13.8 Å². The molecule has 2 amide bonds. The number of nitrogens with zero attached hydrogens (tertiary/aromatic N) is 5. The largest absolute Gasteiger partial charge is 0.491 e. The number of nitrogens with one attached hydrogen (secondary N) is 2. The van der Waals surface area contributed by atoms with E-state index >= 15 is 0 Å². The minimum Gasteiger partial charge on any atom is -0.491 e. The Morgan fingerprint density at radius 3 is 2.54 bits per heavy atom. The number of aromatic nitrogens is 5. The van der Waals surface area contributed by atoms with E-state index in [9.17, 15) is 9.59 Å². The fourth-order valence-corrected chi connectivity index (χ4v) is 3.37. The number of hydrogen-bond acceptors (Lipinski definition) is 9. The van der Waals surface area contributed by atoms with Gasteiger partial charge in [-0.25, -0.2) is 4.98 Å². The summed E-state index contributed by atoms with van der Waals surface area (Å²) in [4.78, 5) is 29.2. The lowest BCUT2D eigenvalue weighted by atomic mass is 10.2. The molecule has 190 valence electrons. The van der Waals surface area contributed by atoms with Crippen LogP contribution in [0.5, 0.6) is 17.2 Å². The van der Waals surface area contributed by atoms with Crippen molar-refractivity contribution in [3.8, 4) is 28.8 Å². The van der Waals surface area contributed by atoms with E-state index in [1.165, 1.54) is 6.20 Å². The van der Waals surface area contributed by atoms with E-state index < -0.39 is 5.91 Å². The van der Waals surface area contributed by atoms with Gasteiger partial charge in [0.2, 0.25) is 0 Å². The molecule has 0 spiro atoms. The van der Waals surface area contributed by atoms with Crippen molar-refractivity contribution in [2.75, 3.05) is 5.32 Å². The molecule has 37 heavy (non-hydrogen) atoms. The van der Waals surface area contributed by atoms with Crippen molar-refractivity contribution in [1.82, 2.24) is 30.3 Å². The molecule has 1 aliphatic carbocycles. The van der Waals surface area contributed by atoms with Crippen LogP contribution in [0.15, 0.2) is 53.2 Å². The van der Waals surface area contributed by atoms with Gasteiger partial charge in [-0.3, -0.25) is 14.3 Å². The van der Waals surface area contributed by atoms with Gasteiger partial charge in [0.1, 0.15) is 22.9 Å². The molecule has 1 aliphatic rings. The van der Waals surface area contributed by atoms with Crippen LogP contribution in [0.4, 0.5) is 5.82 Å². The molecule has 0 radical (unpaired) electrons. The Bertz CT molecular complexity index is 1420. The van der Waals surface area contributed by atoms with Crippen molar-refractivity contribution in [3.63, 3.8) is 0 Å². The minimum atomic E-state index is -0.396. The molecular weight excluding hydrogens is 478 g/mol. The smallest absolute Gasteiger partial charge is 0.309 e. The number of benzene rings is 1. The van der Waals surface area contributed by atoms with Gasteiger partial charge in [0.25, 0.3) is 11.8 Å². The highest BCUT2D eigenvalue weighted by molar-refractivity contribution is 6.04. The first-order chi connectivity index (χ1) is 17.8. The summed E-state index contributed by atoms with van der Waals surface area (Å²) in [6, 6.07) is 10.1. The fourth-order valence-electron chi connectivity index (χ4n) is 3.37. The van der Waals surface area contributed by atoms with Crippen molar-refractivity contribution in [1.29, 1.82) is 0 Å². The van der Waals surface area contributed by atoms with Crippen LogP contribution in [0.2, 0.25) is 0 Å². The summed E-state index contributed by atoms with van der Waals surface area (Å²) < 4.78 is 18.8. The lowest BCUT2D eigenvalue weighted by Crippen LogP contribution is -2.25. The number of amides is 2. The number of ether oxygens (including phenoxy) is 2. The second-order valence-electron chi connectivity index (χ2n) is 8.83. The summed E-state index contributed by atoms with van der Waals surface area (Å²) in [5.74, 6) is 0.959. The number of hydrogen-bond donors (Lipinski definition) is 2. The quantitative estimate of drug-likeness (QED) is 0.350. The standard InChI is InChI=1S/C25H25N7O5/c1-14(2)35-18-10-15(22(33)28-21-8-9-32(3)31-21)11-19(12-18)36-17-6-7-20(26-13-17)24-29-30-25(37-24)23(34)27-16-4-5-16/h6-14,16H,4-5H2,1-3H3,(H,27,34)(H,28,31,33). The summed E-state index contributed by atoms with van der Waals surface area (Å²) in [5, 5.41) is 17.4. The van der Waals surface area contributed by atoms with Crippen molar-refractivity contribution < 1.29 is 23.5 Å². The van der Waals surface area contributed by atoms with Crippen LogP contribution >= 0.6 is 0 Å². The molecule has 1 saturated carbocycles. The topological polar surface area (TPSA) is 146 Å². The molecule has 3 heterocycles. The molecular formula is C25H25N7O5. The van der Waals surface area contributed by atoms with Crippen LogP contribution in [0.1, 0.15) is 47.7 Å². The van der Waals surface area contributed by atoms with Gasteiger partial charge in [-0.05, 0) is 51.0 Å². The van der Waals surface area contributed by atoms with Crippen molar-refractivity contribution in [3.05, 3.63) is 60.2 Å². The van der Waals surface area contributed by atoms with E-state index in [2.05, 4.69) is 30.9 Å². The molecule has 3 aromatic heterocycles. The zero-order chi connectivity index (χ0) is 25.9. The Labute approximate surface area is 212 Å². The van der Waals surface area contributed by atoms with Crippen molar-refractivity contribution in [2.45, 2.75) is 38.8 Å². The molecule has 0 saturated heterocycles. The van der Waals surface area contributed by atoms with Gasteiger partial charge in [-0.2, -0.15) is 5.10 Å². The summed E-state index contributed by atoms with van der Waals surface area (Å²) in [6.07, 6.45) is 5.02. The Hall–Kier alpha value is -4.74. The lowest BCUT2D eigenvalue weighted by molar-refractivity contribution is 0.0916. The third-order valence-corrected chi connectivity index (χ3v) is 5.19. The monoisotopic (exact) mass is 503 g/mol. The van der Waals surface area contributed by atoms with Crippen LogP contribution in [0, 0.1) is 0 Å². The van der Waals surface area contributed by atoms with Crippen LogP contribution < -0.4 is 20.1 Å². The zero-order valence-electron chi connectivity index (χ0n) is 20.5. The highest BCUT2D eigenvalue weighted by atomic mass is 16.5. The molecule has 2 N–H and O–H groups in total. The van der Waals surface area contributed by atoms with Gasteiger partial charge in [-0.1, -0.05) is 0 Å². The molecule has 12 heteroatoms. The third kappa shape index (κ3) is 6.10. The average molecular weight is 504 g/mol. The second-order valence-corrected chi connectivity index (χ2v) is 8.83. The SMILES string of the molecule is CC(C)Oc1cc(Oc2ccc(-c3nnc(C(=O)NC4CC4)o3)nc2)cc(C(=O)Nc2ccn(C)n2)c1. The molecule has 0 bridgehead atoms. The molecule has 0 aliphatic heterocycles. The van der Waals surface area contributed by atoms with Crippen LogP contribution in [0.25, 0.3) is 11.6 Å². The third-order valence-electron chi connectivity index (χ3n) is 5.19. The van der Waals surface area contributed by atoms with Gasteiger partial charge in [-0.15, -0.1) is 10.2 Å². The van der Waals surface area contributed by atoms with E-state index in [0.717, 1.165) is 12.8 Å². The zero-order valence-corrected chi connectivity index (χ0v) is 20.5. The molecule has 5 rings (SSSR count). The van der Waals surface area contributed by atoms with E-state index in [4.69, 9.17) is 13.9 Å². The van der Waals surface area contributed by atoms with Gasteiger partial charge in [0, 0.05) is 37.0 Å². The number of carbonyl (C=O) groups excluding carboxylic acids is 2. The maximum atomic E-state index is 12.8. The maximum absolute atomic E-state index is 12.8. The molecule has 4 aromatic rings. The van der Waals surface area contributed by atoms with Crippen LogP contribution in [0.3, 0.4) is 0 Å². The molecule has 1 aromatic carbocycles. The maximum Gasteiger partial charge on any atom is 0.309 e. The normalized spacial score (nSPS) is 12.9. The second kappa shape index (κ2) is 10.1. The number of pyridine rings is 1. The number of carbonyl (C=O) groups is 2. The first-order valence-electron chi connectivity index (χ1n) is 11.7. The van der Waals surface area contributed by atoms with Crippen molar-refractivity contribution >= 4 is 17.6 Å². The number of rotatable bonds is 9. The van der Waals surface area contributed by atoms with Gasteiger partial charge in [0.15, 0.2) is 5.82 Å². The summed E-state index contributed by atoms with van der Waals surface area (Å²) in [6.45, 7) is 3.78. The first kappa shape index (κ1) is 24.0. The predicted octanol–water partition coefficient (Wildman–Crippen LogP) is 3.59. The van der Waals surface area contributed by atoms with Gasteiger partial charge >= 0.3 is 11.8 Å². The lowest BCUT2D eigenvalue weighted by Gasteiger charge is -2.14. The van der Waals surface area contributed by atoms with E-state index in [0.29, 0.717) is 34.3 Å². The van der Waals surface area contributed by atoms with E-state index in [1.54, 1.807) is 54.3 Å². The summed E-state index contributed by atoms with van der Waals surface area (Å²) in [5.41, 5.74) is 0.726. The van der Waals surface area contributed by atoms with Crippen LogP contribution in [-0.2, 0) is 7.05 Å². The minimum absolute atomic E-state index is 0.103. The summed E-state index contributed by atoms with van der Waals surface area (Å²) >= 11 is 0. The van der Waals surface area contributed by atoms with Gasteiger partial charge in [0.05, 0.1) is 12.3 Å². The van der Waals surface area contributed by atoms with E-state index in [-0.39, 0.29) is 29.8 Å². The summed E-state index contributed by atoms with van der Waals surface area (Å²) in [7, 11) is 1.77. The molecule has 1 fully saturated rings. The predicted molar refractivity (Wildman–Crippen MR) is 131 cm³/mol. The van der Waals surface area contributed by atoms with Crippen molar-refractivity contribution in [2.24, 2.45) is 7.05 Å². The number of aryl methyl sites for hydroxylation is 1. The Morgan fingerprint density at radius 2 is 1.86 bits per heavy atom. The van der Waals surface area contributed by atoms with Crippen LogP contribution in [-0.4, -0.2) is 48.9 Å². The Balaban J connectivity index is 1.31.